The molecule has 1 aromatic carbocycles. The van der Waals surface area contributed by atoms with Crippen LogP contribution in [0.1, 0.15) is 37.8 Å². The minimum Gasteiger partial charge on any atom is -0.481 e. The number of benzene rings is 1. The summed E-state index contributed by atoms with van der Waals surface area (Å²) in [4.78, 5) is 11.0. The molecule has 0 bridgehead atoms. The number of carbonyl (C=O) groups is 1. The Morgan fingerprint density at radius 3 is 2.29 bits per heavy atom. The van der Waals surface area contributed by atoms with Gasteiger partial charge in [0.05, 0.1) is 5.92 Å². The number of rotatable bonds is 6. The van der Waals surface area contributed by atoms with Gasteiger partial charge >= 0.3 is 5.97 Å². The van der Waals surface area contributed by atoms with Crippen LogP contribution in [0.2, 0.25) is 0 Å². The first-order valence-corrected chi connectivity index (χ1v) is 6.29. The second-order valence-electron chi connectivity index (χ2n) is 5.07. The molecule has 0 spiro atoms. The number of hydrogen-bond donors (Lipinski definition) is 1. The van der Waals surface area contributed by atoms with Gasteiger partial charge in [-0.2, -0.15) is 0 Å². The fraction of sp³-hybridized carbons (Fsp3) is 0.533. The van der Waals surface area contributed by atoms with E-state index < -0.39 is 5.97 Å². The Balaban J connectivity index is 2.41. The van der Waals surface area contributed by atoms with Gasteiger partial charge in [-0.3, -0.25) is 4.79 Å². The second kappa shape index (κ2) is 6.43. The molecule has 0 amide bonds. The Kier molecular flexibility index (Phi) is 5.20. The van der Waals surface area contributed by atoms with Crippen molar-refractivity contribution < 1.29 is 9.90 Å². The highest BCUT2D eigenvalue weighted by Crippen LogP contribution is 2.19. The molecule has 0 saturated heterocycles. The summed E-state index contributed by atoms with van der Waals surface area (Å²) in [6, 6.07) is 8.46. The van der Waals surface area contributed by atoms with E-state index in [4.69, 9.17) is 5.11 Å². The molecule has 0 aliphatic rings. The van der Waals surface area contributed by atoms with Gasteiger partial charge in [-0.05, 0) is 37.7 Å². The number of carboxylic acids is 1. The van der Waals surface area contributed by atoms with Crippen molar-refractivity contribution in [3.05, 3.63) is 35.4 Å². The number of aliphatic carboxylic acids is 1. The van der Waals surface area contributed by atoms with Gasteiger partial charge in [0.1, 0.15) is 0 Å². The maximum atomic E-state index is 11.0. The van der Waals surface area contributed by atoms with Gasteiger partial charge in [0.2, 0.25) is 0 Å². The zero-order chi connectivity index (χ0) is 12.8. The van der Waals surface area contributed by atoms with Crippen LogP contribution in [0.3, 0.4) is 0 Å². The Labute approximate surface area is 104 Å². The SMILES string of the molecule is Cc1ccc(CCCC(C(=O)O)C(C)C)cc1. The summed E-state index contributed by atoms with van der Waals surface area (Å²) in [5.41, 5.74) is 2.56. The molecule has 0 saturated carbocycles. The molecule has 1 N–H and O–H groups in total. The van der Waals surface area contributed by atoms with Crippen molar-refractivity contribution >= 4 is 5.97 Å². The quantitative estimate of drug-likeness (QED) is 0.815. The predicted octanol–water partition coefficient (Wildman–Crippen LogP) is 3.67. The third-order valence-electron chi connectivity index (χ3n) is 3.22. The first-order valence-electron chi connectivity index (χ1n) is 6.29. The zero-order valence-electron chi connectivity index (χ0n) is 10.9. The fourth-order valence-corrected chi connectivity index (χ4v) is 2.02. The van der Waals surface area contributed by atoms with Crippen molar-refractivity contribution in [3.63, 3.8) is 0 Å². The Morgan fingerprint density at radius 2 is 1.82 bits per heavy atom. The highest BCUT2D eigenvalue weighted by Gasteiger charge is 2.20. The Bertz CT molecular complexity index is 352. The lowest BCUT2D eigenvalue weighted by Gasteiger charge is -2.15. The van der Waals surface area contributed by atoms with Crippen molar-refractivity contribution in [3.8, 4) is 0 Å². The maximum absolute atomic E-state index is 11.0. The minimum atomic E-state index is -0.663. The minimum absolute atomic E-state index is 0.208. The topological polar surface area (TPSA) is 37.3 Å². The van der Waals surface area contributed by atoms with E-state index in [-0.39, 0.29) is 11.8 Å². The molecule has 1 atom stereocenters. The molecular weight excluding hydrogens is 212 g/mol. The monoisotopic (exact) mass is 234 g/mol. The highest BCUT2D eigenvalue weighted by molar-refractivity contribution is 5.70. The lowest BCUT2D eigenvalue weighted by molar-refractivity contribution is -0.143. The van der Waals surface area contributed by atoms with Crippen LogP contribution in [0.25, 0.3) is 0 Å². The molecule has 1 aromatic rings. The van der Waals surface area contributed by atoms with E-state index >= 15 is 0 Å². The largest absolute Gasteiger partial charge is 0.481 e. The summed E-state index contributed by atoms with van der Waals surface area (Å²) < 4.78 is 0. The van der Waals surface area contributed by atoms with Crippen LogP contribution in [-0.4, -0.2) is 11.1 Å². The van der Waals surface area contributed by atoms with Gasteiger partial charge in [0.25, 0.3) is 0 Å². The Morgan fingerprint density at radius 1 is 1.24 bits per heavy atom. The molecule has 0 aliphatic carbocycles. The molecule has 0 radical (unpaired) electrons. The first-order chi connectivity index (χ1) is 8.00. The van der Waals surface area contributed by atoms with E-state index in [0.717, 1.165) is 19.3 Å². The molecule has 0 fully saturated rings. The van der Waals surface area contributed by atoms with Crippen molar-refractivity contribution in [1.29, 1.82) is 0 Å². The standard InChI is InChI=1S/C15H22O2/c1-11(2)14(15(16)17)6-4-5-13-9-7-12(3)8-10-13/h7-11,14H,4-6H2,1-3H3,(H,16,17). The highest BCUT2D eigenvalue weighted by atomic mass is 16.4. The van der Waals surface area contributed by atoms with Crippen molar-refractivity contribution in [2.24, 2.45) is 11.8 Å². The molecule has 17 heavy (non-hydrogen) atoms. The summed E-state index contributed by atoms with van der Waals surface area (Å²) in [5, 5.41) is 9.08. The van der Waals surface area contributed by atoms with Crippen LogP contribution in [0.4, 0.5) is 0 Å². The Hall–Kier alpha value is -1.31. The van der Waals surface area contributed by atoms with Gasteiger partial charge in [0, 0.05) is 0 Å². The second-order valence-corrected chi connectivity index (χ2v) is 5.07. The molecule has 0 aromatic heterocycles. The maximum Gasteiger partial charge on any atom is 0.306 e. The third-order valence-corrected chi connectivity index (χ3v) is 3.22. The van der Waals surface area contributed by atoms with Crippen LogP contribution < -0.4 is 0 Å². The molecule has 2 heteroatoms. The average Bonchev–Trinajstić information content (AvgIpc) is 2.25. The smallest absolute Gasteiger partial charge is 0.306 e. The summed E-state index contributed by atoms with van der Waals surface area (Å²) in [6.45, 7) is 6.03. The lowest BCUT2D eigenvalue weighted by atomic mass is 9.90. The van der Waals surface area contributed by atoms with E-state index in [9.17, 15) is 4.79 Å². The first kappa shape index (κ1) is 13.8. The molecular formula is C15H22O2. The van der Waals surface area contributed by atoms with E-state index in [0.29, 0.717) is 0 Å². The summed E-state index contributed by atoms with van der Waals surface area (Å²) in [5.74, 6) is -0.658. The number of aryl methyl sites for hydroxylation is 2. The molecule has 94 valence electrons. The van der Waals surface area contributed by atoms with Crippen molar-refractivity contribution in [1.82, 2.24) is 0 Å². The van der Waals surface area contributed by atoms with Crippen LogP contribution in [0.15, 0.2) is 24.3 Å². The normalized spacial score (nSPS) is 12.7. The molecule has 1 rings (SSSR count). The van der Waals surface area contributed by atoms with Crippen molar-refractivity contribution in [2.75, 3.05) is 0 Å². The fourth-order valence-electron chi connectivity index (χ4n) is 2.02. The van der Waals surface area contributed by atoms with Gasteiger partial charge < -0.3 is 5.11 Å². The van der Waals surface area contributed by atoms with Gasteiger partial charge in [0.15, 0.2) is 0 Å². The summed E-state index contributed by atoms with van der Waals surface area (Å²) in [7, 11) is 0. The van der Waals surface area contributed by atoms with Crippen LogP contribution in [0.5, 0.6) is 0 Å². The van der Waals surface area contributed by atoms with Crippen LogP contribution in [-0.2, 0) is 11.2 Å². The van der Waals surface area contributed by atoms with E-state index in [1.54, 1.807) is 0 Å². The molecule has 0 heterocycles. The van der Waals surface area contributed by atoms with Gasteiger partial charge in [-0.25, -0.2) is 0 Å². The van der Waals surface area contributed by atoms with E-state index in [1.165, 1.54) is 11.1 Å². The van der Waals surface area contributed by atoms with E-state index in [2.05, 4.69) is 31.2 Å². The average molecular weight is 234 g/mol. The molecule has 2 nitrogen and oxygen atoms in total. The summed E-state index contributed by atoms with van der Waals surface area (Å²) >= 11 is 0. The number of carboxylic acid groups (broad SMARTS) is 1. The van der Waals surface area contributed by atoms with Crippen LogP contribution in [0, 0.1) is 18.8 Å². The molecule has 1 unspecified atom stereocenters. The van der Waals surface area contributed by atoms with Crippen LogP contribution >= 0.6 is 0 Å². The van der Waals surface area contributed by atoms with E-state index in [1.807, 2.05) is 13.8 Å². The lowest BCUT2D eigenvalue weighted by Crippen LogP contribution is -2.19. The van der Waals surface area contributed by atoms with Crippen molar-refractivity contribution in [2.45, 2.75) is 40.0 Å². The van der Waals surface area contributed by atoms with Gasteiger partial charge in [-0.15, -0.1) is 0 Å². The predicted molar refractivity (Wildman–Crippen MR) is 70.1 cm³/mol. The zero-order valence-corrected chi connectivity index (χ0v) is 10.9. The summed E-state index contributed by atoms with van der Waals surface area (Å²) in [6.07, 6.45) is 2.68. The van der Waals surface area contributed by atoms with Gasteiger partial charge in [-0.1, -0.05) is 43.7 Å². The number of hydrogen-bond acceptors (Lipinski definition) is 1. The third kappa shape index (κ3) is 4.59. The molecule has 0 aliphatic heterocycles.